The number of aromatic amines is 2. The summed E-state index contributed by atoms with van der Waals surface area (Å²) in [6, 6.07) is 0. The van der Waals surface area contributed by atoms with Gasteiger partial charge in [-0.15, -0.1) is 0 Å². The van der Waals surface area contributed by atoms with E-state index in [1.807, 2.05) is 20.8 Å². The summed E-state index contributed by atoms with van der Waals surface area (Å²) < 4.78 is 1.52. The number of nitrogens with one attached hydrogen (secondary N) is 2. The Kier molecular flexibility index (Phi) is 2.73. The third kappa shape index (κ3) is 1.90. The highest BCUT2D eigenvalue weighted by Gasteiger charge is 2.19. The maximum atomic E-state index is 11.7. The minimum absolute atomic E-state index is 0.200. The molecule has 6 nitrogen and oxygen atoms in total. The average molecular weight is 266 g/mol. The molecule has 2 N–H and O–H groups in total. The fourth-order valence-electron chi connectivity index (χ4n) is 1.62. The van der Waals surface area contributed by atoms with Crippen LogP contribution < -0.4 is 11.2 Å². The summed E-state index contributed by atoms with van der Waals surface area (Å²) in [7, 11) is 1.57. The number of rotatable bonds is 0. The third-order valence-corrected chi connectivity index (χ3v) is 2.99. The zero-order valence-electron chi connectivity index (χ0n) is 10.6. The number of aryl methyl sites for hydroxylation is 1. The molecule has 18 heavy (non-hydrogen) atoms. The van der Waals surface area contributed by atoms with Gasteiger partial charge in [0.05, 0.1) is 0 Å². The summed E-state index contributed by atoms with van der Waals surface area (Å²) in [5, 5.41) is 0.236. The van der Waals surface area contributed by atoms with E-state index in [2.05, 4.69) is 15.0 Å². The zero-order valence-corrected chi connectivity index (χ0v) is 11.4. The van der Waals surface area contributed by atoms with Gasteiger partial charge >= 0.3 is 5.69 Å². The molecular weight excluding hydrogens is 252 g/mol. The second-order valence-corrected chi connectivity index (χ2v) is 5.57. The van der Waals surface area contributed by atoms with Crippen molar-refractivity contribution in [2.45, 2.75) is 26.2 Å². The molecule has 0 radical (unpaired) electrons. The van der Waals surface area contributed by atoms with Crippen molar-refractivity contribution < 1.29 is 0 Å². The first-order chi connectivity index (χ1) is 8.21. The summed E-state index contributed by atoms with van der Waals surface area (Å²) >= 11 is 5.13. The van der Waals surface area contributed by atoms with Gasteiger partial charge in [0.15, 0.2) is 0 Å². The Labute approximate surface area is 108 Å². The van der Waals surface area contributed by atoms with Crippen LogP contribution in [0.15, 0.2) is 9.59 Å². The third-order valence-electron chi connectivity index (χ3n) is 2.70. The first-order valence-electron chi connectivity index (χ1n) is 5.45. The fraction of sp³-hybridized carbons (Fsp3) is 0.455. The molecule has 0 saturated heterocycles. The Morgan fingerprint density at radius 2 is 1.83 bits per heavy atom. The van der Waals surface area contributed by atoms with Crippen LogP contribution in [-0.2, 0) is 12.5 Å². The quantitative estimate of drug-likeness (QED) is 0.696. The molecule has 0 atom stereocenters. The molecule has 96 valence electrons. The molecule has 0 bridgehead atoms. The van der Waals surface area contributed by atoms with Crippen LogP contribution in [0.5, 0.6) is 0 Å². The second kappa shape index (κ2) is 3.88. The Balaban J connectivity index is 3.07. The Bertz CT molecular complexity index is 792. The molecule has 0 fully saturated rings. The number of aromatic nitrogens is 4. The van der Waals surface area contributed by atoms with Crippen molar-refractivity contribution in [2.75, 3.05) is 0 Å². The molecule has 0 aliphatic heterocycles. The molecule has 0 unspecified atom stereocenters. The van der Waals surface area contributed by atoms with Crippen molar-refractivity contribution in [1.82, 2.24) is 19.5 Å². The topological polar surface area (TPSA) is 83.5 Å². The van der Waals surface area contributed by atoms with E-state index < -0.39 is 11.2 Å². The van der Waals surface area contributed by atoms with Crippen LogP contribution in [0, 0.1) is 4.64 Å². The Morgan fingerprint density at radius 3 is 2.39 bits per heavy atom. The highest BCUT2D eigenvalue weighted by atomic mass is 32.1. The molecule has 0 aliphatic carbocycles. The molecule has 2 aromatic rings. The van der Waals surface area contributed by atoms with E-state index >= 15 is 0 Å². The Hall–Kier alpha value is -1.76. The van der Waals surface area contributed by atoms with E-state index in [-0.39, 0.29) is 15.4 Å². The minimum Gasteiger partial charge on any atom is -0.329 e. The van der Waals surface area contributed by atoms with E-state index in [0.717, 1.165) is 0 Å². The first-order valence-corrected chi connectivity index (χ1v) is 5.86. The smallest absolute Gasteiger partial charge is 0.329 e. The van der Waals surface area contributed by atoms with Gasteiger partial charge in [0.25, 0.3) is 5.56 Å². The largest absolute Gasteiger partial charge is 0.329 e. The lowest BCUT2D eigenvalue weighted by Crippen LogP contribution is -2.30. The molecule has 7 heteroatoms. The molecule has 0 aliphatic rings. The van der Waals surface area contributed by atoms with Crippen LogP contribution in [-0.4, -0.2) is 19.5 Å². The number of H-pyrrole nitrogens is 2. The molecule has 0 saturated carbocycles. The molecule has 2 rings (SSSR count). The van der Waals surface area contributed by atoms with Crippen molar-refractivity contribution in [3.8, 4) is 0 Å². The van der Waals surface area contributed by atoms with Crippen LogP contribution in [0.2, 0.25) is 0 Å². The van der Waals surface area contributed by atoms with Gasteiger partial charge in [0, 0.05) is 12.5 Å². The molecule has 2 aromatic heterocycles. The summed E-state index contributed by atoms with van der Waals surface area (Å²) in [5.74, 6) is 0.639. The lowest BCUT2D eigenvalue weighted by Gasteiger charge is -2.18. The van der Waals surface area contributed by atoms with E-state index in [1.54, 1.807) is 7.05 Å². The standard InChI is InChI=1S/C11H14N4O2S/c1-11(2,3)9-12-6-5(8(18)14-9)7(16)13-10(17)15(6)4/h1-4H3,(H,12,14,18)(H,13,16,17). The van der Waals surface area contributed by atoms with Crippen LogP contribution in [0.3, 0.4) is 0 Å². The van der Waals surface area contributed by atoms with Crippen molar-refractivity contribution in [2.24, 2.45) is 7.05 Å². The van der Waals surface area contributed by atoms with Gasteiger partial charge in [0.1, 0.15) is 21.5 Å². The van der Waals surface area contributed by atoms with Crippen LogP contribution in [0.25, 0.3) is 11.0 Å². The normalized spacial score (nSPS) is 12.0. The summed E-state index contributed by atoms with van der Waals surface area (Å²) in [4.78, 5) is 32.8. The van der Waals surface area contributed by atoms with Gasteiger partial charge in [-0.2, -0.15) is 0 Å². The maximum absolute atomic E-state index is 11.7. The van der Waals surface area contributed by atoms with Crippen molar-refractivity contribution in [3.05, 3.63) is 31.3 Å². The average Bonchev–Trinajstić information content (AvgIpc) is 2.23. The fourth-order valence-corrected chi connectivity index (χ4v) is 1.90. The highest BCUT2D eigenvalue weighted by molar-refractivity contribution is 7.71. The minimum atomic E-state index is -0.512. The van der Waals surface area contributed by atoms with Gasteiger partial charge in [-0.3, -0.25) is 14.3 Å². The molecule has 0 aromatic carbocycles. The predicted molar refractivity (Wildman–Crippen MR) is 71.5 cm³/mol. The molecular formula is C11H14N4O2S. The van der Waals surface area contributed by atoms with E-state index in [4.69, 9.17) is 12.2 Å². The molecule has 2 heterocycles. The molecule has 0 amide bonds. The van der Waals surface area contributed by atoms with Gasteiger partial charge in [-0.05, 0) is 0 Å². The summed E-state index contributed by atoms with van der Waals surface area (Å²) in [6.45, 7) is 5.91. The van der Waals surface area contributed by atoms with Crippen LogP contribution in [0.1, 0.15) is 26.6 Å². The van der Waals surface area contributed by atoms with Gasteiger partial charge < -0.3 is 4.98 Å². The van der Waals surface area contributed by atoms with Gasteiger partial charge in [-0.1, -0.05) is 33.0 Å². The number of fused-ring (bicyclic) bond motifs is 1. The van der Waals surface area contributed by atoms with E-state index in [1.165, 1.54) is 4.57 Å². The Morgan fingerprint density at radius 1 is 1.22 bits per heavy atom. The number of hydrogen-bond acceptors (Lipinski definition) is 4. The summed E-state index contributed by atoms with van der Waals surface area (Å²) in [6.07, 6.45) is 0. The number of nitrogens with zero attached hydrogens (tertiary/aromatic N) is 2. The van der Waals surface area contributed by atoms with Crippen molar-refractivity contribution in [3.63, 3.8) is 0 Å². The van der Waals surface area contributed by atoms with Gasteiger partial charge in [0.2, 0.25) is 0 Å². The highest BCUT2D eigenvalue weighted by Crippen LogP contribution is 2.19. The number of hydrogen-bond donors (Lipinski definition) is 2. The van der Waals surface area contributed by atoms with Gasteiger partial charge in [-0.25, -0.2) is 9.78 Å². The SMILES string of the molecule is Cn1c(=O)[nH]c(=O)c2c(=S)nc(C(C)(C)C)[nH]c21. The zero-order chi connectivity index (χ0) is 13.7. The monoisotopic (exact) mass is 266 g/mol. The molecule has 0 spiro atoms. The van der Waals surface area contributed by atoms with E-state index in [9.17, 15) is 9.59 Å². The lowest BCUT2D eigenvalue weighted by molar-refractivity contribution is 0.545. The second-order valence-electron chi connectivity index (χ2n) is 5.18. The van der Waals surface area contributed by atoms with Crippen LogP contribution >= 0.6 is 12.2 Å². The van der Waals surface area contributed by atoms with E-state index in [0.29, 0.717) is 11.5 Å². The predicted octanol–water partition coefficient (Wildman–Crippen LogP) is 0.977. The van der Waals surface area contributed by atoms with Crippen molar-refractivity contribution >= 4 is 23.3 Å². The maximum Gasteiger partial charge on any atom is 0.329 e. The van der Waals surface area contributed by atoms with Crippen LogP contribution in [0.4, 0.5) is 0 Å². The summed E-state index contributed by atoms with van der Waals surface area (Å²) in [5.41, 5.74) is -0.847. The van der Waals surface area contributed by atoms with Crippen molar-refractivity contribution in [1.29, 1.82) is 0 Å². The lowest BCUT2D eigenvalue weighted by atomic mass is 9.96. The first kappa shape index (κ1) is 12.7.